The van der Waals surface area contributed by atoms with Gasteiger partial charge in [0.05, 0.1) is 5.56 Å². The van der Waals surface area contributed by atoms with Gasteiger partial charge < -0.3 is 0 Å². The van der Waals surface area contributed by atoms with Crippen LogP contribution in [0.2, 0.25) is 5.15 Å². The molecule has 90 valence electrons. The topological polar surface area (TPSA) is 69.0 Å². The highest BCUT2D eigenvalue weighted by Crippen LogP contribution is 2.22. The lowest BCUT2D eigenvalue weighted by molar-refractivity contribution is -0.118. The lowest BCUT2D eigenvalue weighted by atomic mass is 10.1. The van der Waals surface area contributed by atoms with Crippen molar-refractivity contribution in [3.05, 3.63) is 22.3 Å². The standard InChI is InChI=1S/C10H10Cl2N4O/c1-6-3-8(12)14-10(7(6)5-13)16(2)15-9(17)4-11/h3H,4H2,1-2H3,(H,15,17). The van der Waals surface area contributed by atoms with Crippen molar-refractivity contribution in [2.45, 2.75) is 6.92 Å². The second-order valence-electron chi connectivity index (χ2n) is 3.30. The molecular formula is C10H10Cl2N4O. The Morgan fingerprint density at radius 3 is 2.88 bits per heavy atom. The summed E-state index contributed by atoms with van der Waals surface area (Å²) in [5.41, 5.74) is 3.51. The van der Waals surface area contributed by atoms with Crippen LogP contribution in [0.3, 0.4) is 0 Å². The summed E-state index contributed by atoms with van der Waals surface area (Å²) in [6, 6.07) is 3.60. The number of nitriles is 1. The highest BCUT2D eigenvalue weighted by Gasteiger charge is 2.14. The molecule has 1 heterocycles. The SMILES string of the molecule is Cc1cc(Cl)nc(N(C)NC(=O)CCl)c1C#N. The Morgan fingerprint density at radius 2 is 2.35 bits per heavy atom. The largest absolute Gasteiger partial charge is 0.272 e. The summed E-state index contributed by atoms with van der Waals surface area (Å²) >= 11 is 11.2. The number of carbonyl (C=O) groups excluding carboxylic acids is 1. The van der Waals surface area contributed by atoms with Gasteiger partial charge in [0.2, 0.25) is 0 Å². The van der Waals surface area contributed by atoms with Crippen molar-refractivity contribution < 1.29 is 4.79 Å². The molecule has 5 nitrogen and oxygen atoms in total. The third kappa shape index (κ3) is 3.22. The van der Waals surface area contributed by atoms with E-state index in [9.17, 15) is 4.79 Å². The van der Waals surface area contributed by atoms with E-state index < -0.39 is 5.91 Å². The van der Waals surface area contributed by atoms with Gasteiger partial charge in [0.15, 0.2) is 5.82 Å². The molecule has 0 radical (unpaired) electrons. The van der Waals surface area contributed by atoms with Crippen LogP contribution >= 0.6 is 23.2 Å². The normalized spacial score (nSPS) is 9.59. The molecule has 0 aromatic carbocycles. The minimum atomic E-state index is -0.391. The number of pyridine rings is 1. The number of aryl methyl sites for hydroxylation is 1. The Kier molecular flexibility index (Phi) is 4.55. The van der Waals surface area contributed by atoms with Crippen LogP contribution in [0.4, 0.5) is 5.82 Å². The van der Waals surface area contributed by atoms with Crippen molar-refractivity contribution in [1.29, 1.82) is 5.26 Å². The number of halogens is 2. The maximum absolute atomic E-state index is 11.1. The molecule has 0 aliphatic heterocycles. The predicted molar refractivity (Wildman–Crippen MR) is 66.0 cm³/mol. The van der Waals surface area contributed by atoms with Crippen LogP contribution in [-0.4, -0.2) is 23.8 Å². The first-order valence-electron chi connectivity index (χ1n) is 4.66. The summed E-state index contributed by atoms with van der Waals surface area (Å²) in [5, 5.41) is 10.6. The van der Waals surface area contributed by atoms with Crippen molar-refractivity contribution in [3.63, 3.8) is 0 Å². The first-order chi connectivity index (χ1) is 7.99. The summed E-state index contributed by atoms with van der Waals surface area (Å²) in [5.74, 6) is -0.278. The number of alkyl halides is 1. The van der Waals surface area contributed by atoms with Gasteiger partial charge in [-0.1, -0.05) is 11.6 Å². The van der Waals surface area contributed by atoms with Crippen LogP contribution in [0.25, 0.3) is 0 Å². The highest BCUT2D eigenvalue weighted by molar-refractivity contribution is 6.29. The van der Waals surface area contributed by atoms with Gasteiger partial charge in [-0.05, 0) is 18.6 Å². The molecule has 17 heavy (non-hydrogen) atoms. The lowest BCUT2D eigenvalue weighted by Gasteiger charge is -2.20. The van der Waals surface area contributed by atoms with E-state index in [0.717, 1.165) is 0 Å². The number of anilines is 1. The molecule has 1 N–H and O–H groups in total. The van der Waals surface area contributed by atoms with E-state index in [0.29, 0.717) is 11.1 Å². The second-order valence-corrected chi connectivity index (χ2v) is 3.95. The molecule has 0 fully saturated rings. The minimum absolute atomic E-state index is 0.175. The molecule has 1 amide bonds. The average molecular weight is 273 g/mol. The first kappa shape index (κ1) is 13.6. The van der Waals surface area contributed by atoms with E-state index in [1.54, 1.807) is 20.0 Å². The van der Waals surface area contributed by atoms with Crippen molar-refractivity contribution in [2.24, 2.45) is 0 Å². The Balaban J connectivity index is 3.12. The highest BCUT2D eigenvalue weighted by atomic mass is 35.5. The number of nitrogens with one attached hydrogen (secondary N) is 1. The maximum Gasteiger partial charge on any atom is 0.253 e. The summed E-state index contributed by atoms with van der Waals surface area (Å²) in [6.07, 6.45) is 0. The zero-order chi connectivity index (χ0) is 13.0. The van der Waals surface area contributed by atoms with Crippen LogP contribution in [0.15, 0.2) is 6.07 Å². The van der Waals surface area contributed by atoms with Crippen LogP contribution in [0.1, 0.15) is 11.1 Å². The number of hydrogen-bond acceptors (Lipinski definition) is 4. The molecule has 0 aliphatic rings. The van der Waals surface area contributed by atoms with E-state index in [1.807, 2.05) is 6.07 Å². The van der Waals surface area contributed by atoms with Crippen molar-refractivity contribution in [2.75, 3.05) is 17.9 Å². The average Bonchev–Trinajstić information content (AvgIpc) is 2.27. The number of hydrazine groups is 1. The number of amides is 1. The number of aromatic nitrogens is 1. The predicted octanol–water partition coefficient (Wildman–Crippen LogP) is 1.62. The molecule has 7 heteroatoms. The lowest BCUT2D eigenvalue weighted by Crippen LogP contribution is -2.41. The molecule has 0 unspecified atom stereocenters. The maximum atomic E-state index is 11.1. The number of hydrogen-bond donors (Lipinski definition) is 1. The Morgan fingerprint density at radius 1 is 1.71 bits per heavy atom. The molecule has 1 aromatic rings. The van der Waals surface area contributed by atoms with Gasteiger partial charge in [0.25, 0.3) is 5.91 Å². The van der Waals surface area contributed by atoms with Crippen molar-refractivity contribution in [3.8, 4) is 6.07 Å². The molecule has 0 aliphatic carbocycles. The summed E-state index contributed by atoms with van der Waals surface area (Å²) in [7, 11) is 1.56. The van der Waals surface area contributed by atoms with Gasteiger partial charge >= 0.3 is 0 Å². The Hall–Kier alpha value is -1.51. The fourth-order valence-corrected chi connectivity index (χ4v) is 1.57. The van der Waals surface area contributed by atoms with Gasteiger partial charge in [-0.3, -0.25) is 15.2 Å². The smallest absolute Gasteiger partial charge is 0.253 e. The van der Waals surface area contributed by atoms with Gasteiger partial charge in [-0.15, -0.1) is 11.6 Å². The molecule has 1 aromatic heterocycles. The third-order valence-electron chi connectivity index (χ3n) is 2.01. The Labute approximate surface area is 109 Å². The van der Waals surface area contributed by atoms with Gasteiger partial charge in [0.1, 0.15) is 17.1 Å². The second kappa shape index (κ2) is 5.71. The van der Waals surface area contributed by atoms with E-state index >= 15 is 0 Å². The van der Waals surface area contributed by atoms with Gasteiger partial charge in [-0.25, -0.2) is 4.98 Å². The van der Waals surface area contributed by atoms with Gasteiger partial charge in [0, 0.05) is 7.05 Å². The van der Waals surface area contributed by atoms with Crippen LogP contribution in [-0.2, 0) is 4.79 Å². The van der Waals surface area contributed by atoms with E-state index in [2.05, 4.69) is 10.4 Å². The van der Waals surface area contributed by atoms with Crippen LogP contribution < -0.4 is 10.4 Å². The molecule has 0 saturated carbocycles. The molecule has 0 saturated heterocycles. The first-order valence-corrected chi connectivity index (χ1v) is 5.57. The molecule has 1 rings (SSSR count). The fourth-order valence-electron chi connectivity index (χ4n) is 1.27. The van der Waals surface area contributed by atoms with Crippen molar-refractivity contribution in [1.82, 2.24) is 10.4 Å². The monoisotopic (exact) mass is 272 g/mol. The zero-order valence-corrected chi connectivity index (χ0v) is 10.8. The van der Waals surface area contributed by atoms with Crippen LogP contribution in [0.5, 0.6) is 0 Å². The fraction of sp³-hybridized carbons (Fsp3) is 0.300. The summed E-state index contributed by atoms with van der Waals surface area (Å²) in [6.45, 7) is 1.74. The summed E-state index contributed by atoms with van der Waals surface area (Å²) in [4.78, 5) is 15.1. The van der Waals surface area contributed by atoms with Gasteiger partial charge in [-0.2, -0.15) is 5.26 Å². The molecule has 0 atom stereocenters. The summed E-state index contributed by atoms with van der Waals surface area (Å²) < 4.78 is 0. The minimum Gasteiger partial charge on any atom is -0.272 e. The molecule has 0 bridgehead atoms. The number of nitrogens with zero attached hydrogens (tertiary/aromatic N) is 3. The number of carbonyl (C=O) groups is 1. The third-order valence-corrected chi connectivity index (χ3v) is 2.45. The molecular weight excluding hydrogens is 263 g/mol. The van der Waals surface area contributed by atoms with E-state index in [4.69, 9.17) is 28.5 Å². The van der Waals surface area contributed by atoms with E-state index in [1.165, 1.54) is 5.01 Å². The Bertz CT molecular complexity index is 484. The quantitative estimate of drug-likeness (QED) is 0.516. The van der Waals surface area contributed by atoms with Crippen LogP contribution in [0, 0.1) is 18.3 Å². The molecule has 0 spiro atoms. The zero-order valence-electron chi connectivity index (χ0n) is 9.29. The van der Waals surface area contributed by atoms with Crippen molar-refractivity contribution >= 4 is 34.9 Å². The van der Waals surface area contributed by atoms with E-state index in [-0.39, 0.29) is 16.9 Å². The number of rotatable bonds is 3.